The standard InChI is InChI=1S/C21H16NS.ClHO4/c1-4-10-17(11-5-1)20-16-22(19-14-8-3-9-15-19)23-21(20)18-12-6-2-7-13-18;2-1(3,4)5/h1-16H;(H,2,3,4,5)/q+1;/p-1. The topological polar surface area (TPSA) is 96.1 Å². The van der Waals surface area contributed by atoms with E-state index in [1.807, 2.05) is 6.07 Å². The van der Waals surface area contributed by atoms with Crippen LogP contribution in [0.3, 0.4) is 0 Å². The van der Waals surface area contributed by atoms with Crippen LogP contribution in [-0.2, 0) is 0 Å². The number of aromatic nitrogens is 1. The van der Waals surface area contributed by atoms with Gasteiger partial charge in [-0.3, -0.25) is 0 Å². The first-order chi connectivity index (χ1) is 13.4. The highest BCUT2D eigenvalue weighted by Crippen LogP contribution is 2.34. The average molecular weight is 414 g/mol. The molecule has 0 bridgehead atoms. The molecule has 0 aliphatic carbocycles. The minimum absolute atomic E-state index is 1.19. The van der Waals surface area contributed by atoms with Gasteiger partial charge in [-0.25, -0.2) is 18.6 Å². The maximum Gasteiger partial charge on any atom is 0.224 e. The third-order valence-electron chi connectivity index (χ3n) is 3.81. The van der Waals surface area contributed by atoms with Crippen molar-refractivity contribution in [3.05, 3.63) is 97.2 Å². The lowest BCUT2D eigenvalue weighted by Crippen LogP contribution is -2.68. The summed E-state index contributed by atoms with van der Waals surface area (Å²) >= 11 is 1.78. The molecule has 0 aliphatic rings. The molecule has 0 radical (unpaired) electrons. The van der Waals surface area contributed by atoms with Crippen molar-refractivity contribution in [2.45, 2.75) is 0 Å². The van der Waals surface area contributed by atoms with Gasteiger partial charge in [0.2, 0.25) is 5.69 Å². The van der Waals surface area contributed by atoms with Gasteiger partial charge in [-0.1, -0.05) is 78.9 Å². The lowest BCUT2D eigenvalue weighted by atomic mass is 10.0. The van der Waals surface area contributed by atoms with Gasteiger partial charge < -0.3 is 0 Å². The van der Waals surface area contributed by atoms with Crippen LogP contribution in [0.4, 0.5) is 0 Å². The van der Waals surface area contributed by atoms with E-state index in [4.69, 9.17) is 18.6 Å². The van der Waals surface area contributed by atoms with Crippen molar-refractivity contribution >= 4 is 11.5 Å². The highest BCUT2D eigenvalue weighted by molar-refractivity contribution is 7.06. The van der Waals surface area contributed by atoms with Crippen LogP contribution < -0.4 is 22.6 Å². The predicted molar refractivity (Wildman–Crippen MR) is 96.7 cm³/mol. The number of benzene rings is 3. The first-order valence-electron chi connectivity index (χ1n) is 8.26. The largest absolute Gasteiger partial charge is 0.224 e. The van der Waals surface area contributed by atoms with Gasteiger partial charge in [-0.2, -0.15) is 0 Å². The molecule has 0 amide bonds. The van der Waals surface area contributed by atoms with Gasteiger partial charge in [-0.15, -0.1) is 14.2 Å². The van der Waals surface area contributed by atoms with E-state index in [9.17, 15) is 0 Å². The first kappa shape index (κ1) is 20.2. The average Bonchev–Trinajstić information content (AvgIpc) is 3.14. The molecule has 1 heterocycles. The Kier molecular flexibility index (Phi) is 6.53. The van der Waals surface area contributed by atoms with Crippen molar-refractivity contribution in [3.8, 4) is 27.3 Å². The number of hydrogen-bond acceptors (Lipinski definition) is 5. The lowest BCUT2D eigenvalue weighted by molar-refractivity contribution is -2.00. The summed E-state index contributed by atoms with van der Waals surface area (Å²) in [5, 5.41) is 0. The zero-order valence-corrected chi connectivity index (χ0v) is 16.2. The smallest absolute Gasteiger partial charge is 0.222 e. The van der Waals surface area contributed by atoms with E-state index in [0.717, 1.165) is 0 Å². The van der Waals surface area contributed by atoms with Crippen molar-refractivity contribution in [3.63, 3.8) is 0 Å². The Balaban J connectivity index is 0.000000403. The van der Waals surface area contributed by atoms with Gasteiger partial charge in [0.25, 0.3) is 0 Å². The van der Waals surface area contributed by atoms with Crippen LogP contribution in [0.1, 0.15) is 0 Å². The number of halogens is 1. The van der Waals surface area contributed by atoms with Crippen LogP contribution in [-0.4, -0.2) is 0 Å². The normalized spacial score (nSPS) is 10.9. The van der Waals surface area contributed by atoms with E-state index in [1.54, 1.807) is 11.5 Å². The van der Waals surface area contributed by atoms with Crippen molar-refractivity contribution in [2.24, 2.45) is 0 Å². The van der Waals surface area contributed by atoms with Gasteiger partial charge in [-0.05, 0) is 11.1 Å². The zero-order valence-electron chi connectivity index (χ0n) is 14.6. The Labute approximate surface area is 168 Å². The molecule has 7 heteroatoms. The summed E-state index contributed by atoms with van der Waals surface area (Å²) in [5.41, 5.74) is 4.96. The fourth-order valence-corrected chi connectivity index (χ4v) is 3.77. The van der Waals surface area contributed by atoms with Crippen LogP contribution in [0.5, 0.6) is 0 Å². The van der Waals surface area contributed by atoms with Crippen LogP contribution in [0.2, 0.25) is 0 Å². The second-order valence-electron chi connectivity index (χ2n) is 5.73. The molecular formula is C21H16ClNO4S. The molecule has 28 heavy (non-hydrogen) atoms. The Morgan fingerprint density at radius 1 is 0.607 bits per heavy atom. The second kappa shape index (κ2) is 9.07. The number of nitrogens with zero attached hydrogens (tertiary/aromatic N) is 1. The van der Waals surface area contributed by atoms with Crippen LogP contribution in [0.25, 0.3) is 27.3 Å². The van der Waals surface area contributed by atoms with Crippen molar-refractivity contribution in [1.82, 2.24) is 0 Å². The quantitative estimate of drug-likeness (QED) is 0.459. The SMILES string of the molecule is [O-][Cl+3]([O-])([O-])[O-].c1ccc(-c2c[n+](-c3ccccc3)sc2-c2ccccc2)cc1. The van der Waals surface area contributed by atoms with Gasteiger partial charge in [0, 0.05) is 12.1 Å². The Hall–Kier alpha value is -2.58. The van der Waals surface area contributed by atoms with Gasteiger partial charge in [0.1, 0.15) is 16.4 Å². The summed E-state index contributed by atoms with van der Waals surface area (Å²) in [5.74, 6) is 0. The molecule has 0 aliphatic heterocycles. The molecule has 0 unspecified atom stereocenters. The Morgan fingerprint density at radius 2 is 1.04 bits per heavy atom. The summed E-state index contributed by atoms with van der Waals surface area (Å²) in [6, 6.07) is 31.7. The van der Waals surface area contributed by atoms with Crippen LogP contribution in [0, 0.1) is 10.2 Å². The Morgan fingerprint density at radius 3 is 1.54 bits per heavy atom. The molecule has 5 nitrogen and oxygen atoms in total. The lowest BCUT2D eigenvalue weighted by Gasteiger charge is -2.17. The molecule has 0 atom stereocenters. The van der Waals surface area contributed by atoms with Crippen LogP contribution >= 0.6 is 11.5 Å². The summed E-state index contributed by atoms with van der Waals surface area (Å²) in [4.78, 5) is 1.29. The summed E-state index contributed by atoms with van der Waals surface area (Å²) in [6.07, 6.45) is 2.23. The van der Waals surface area contributed by atoms with Gasteiger partial charge in [0.15, 0.2) is 6.20 Å². The zero-order chi connectivity index (χ0) is 20.0. The summed E-state index contributed by atoms with van der Waals surface area (Å²) < 4.78 is 36.2. The second-order valence-corrected chi connectivity index (χ2v) is 7.47. The molecule has 1 aromatic heterocycles. The van der Waals surface area contributed by atoms with Crippen molar-refractivity contribution in [2.75, 3.05) is 0 Å². The van der Waals surface area contributed by atoms with E-state index in [-0.39, 0.29) is 0 Å². The molecule has 142 valence electrons. The molecule has 0 saturated carbocycles. The number of hydrogen-bond donors (Lipinski definition) is 0. The maximum atomic E-state index is 8.49. The molecule has 0 saturated heterocycles. The molecule has 3 aromatic carbocycles. The molecule has 4 rings (SSSR count). The number of para-hydroxylation sites is 1. The van der Waals surface area contributed by atoms with E-state index in [2.05, 4.69) is 95.1 Å². The molecule has 0 spiro atoms. The highest BCUT2D eigenvalue weighted by Gasteiger charge is 2.20. The maximum absolute atomic E-state index is 8.49. The Bertz CT molecular complexity index is 940. The minimum Gasteiger partial charge on any atom is -0.222 e. The molecule has 0 fully saturated rings. The first-order valence-corrected chi connectivity index (χ1v) is 10.3. The van der Waals surface area contributed by atoms with Crippen molar-refractivity contribution in [1.29, 1.82) is 0 Å². The third-order valence-corrected chi connectivity index (χ3v) is 4.96. The van der Waals surface area contributed by atoms with Crippen LogP contribution in [0.15, 0.2) is 97.2 Å². The highest BCUT2D eigenvalue weighted by atomic mass is 35.7. The number of rotatable bonds is 3. The van der Waals surface area contributed by atoms with E-state index < -0.39 is 10.2 Å². The van der Waals surface area contributed by atoms with E-state index in [1.165, 1.54) is 27.3 Å². The van der Waals surface area contributed by atoms with Gasteiger partial charge in [0.05, 0.1) is 5.56 Å². The van der Waals surface area contributed by atoms with Crippen molar-refractivity contribution < 1.29 is 32.8 Å². The third kappa shape index (κ3) is 5.71. The molecule has 4 aromatic rings. The minimum atomic E-state index is -4.94. The summed E-state index contributed by atoms with van der Waals surface area (Å²) in [7, 11) is -4.94. The summed E-state index contributed by atoms with van der Waals surface area (Å²) in [6.45, 7) is 0. The van der Waals surface area contributed by atoms with Gasteiger partial charge >= 0.3 is 0 Å². The van der Waals surface area contributed by atoms with E-state index in [0.29, 0.717) is 0 Å². The predicted octanol–water partition coefficient (Wildman–Crippen LogP) is 0.603. The monoisotopic (exact) mass is 413 g/mol. The fraction of sp³-hybridized carbons (Fsp3) is 0. The molecular weight excluding hydrogens is 398 g/mol. The molecule has 0 N–H and O–H groups in total. The fourth-order valence-electron chi connectivity index (χ4n) is 2.67. The van der Waals surface area contributed by atoms with E-state index >= 15 is 0 Å².